The first kappa shape index (κ1) is 15.9. The molecule has 1 aliphatic heterocycles. The first-order valence-corrected chi connectivity index (χ1v) is 7.21. The van der Waals surface area contributed by atoms with E-state index in [0.717, 1.165) is 13.0 Å². The molecule has 18 heavy (non-hydrogen) atoms. The first-order valence-electron chi connectivity index (χ1n) is 7.21. The Morgan fingerprint density at radius 1 is 1.50 bits per heavy atom. The molecule has 1 heterocycles. The van der Waals surface area contributed by atoms with Gasteiger partial charge in [0.1, 0.15) is 0 Å². The molecule has 0 aliphatic carbocycles. The SMILES string of the molecule is COCCC(C)(O)CNC(C)CC1CCCCN1. The fourth-order valence-electron chi connectivity index (χ4n) is 2.44. The minimum Gasteiger partial charge on any atom is -0.389 e. The average Bonchev–Trinajstić information content (AvgIpc) is 2.36. The largest absolute Gasteiger partial charge is 0.389 e. The van der Waals surface area contributed by atoms with Crippen LogP contribution in [0.2, 0.25) is 0 Å². The van der Waals surface area contributed by atoms with Crippen molar-refractivity contribution in [2.24, 2.45) is 0 Å². The number of aliphatic hydroxyl groups is 1. The van der Waals surface area contributed by atoms with Crippen molar-refractivity contribution in [3.05, 3.63) is 0 Å². The van der Waals surface area contributed by atoms with Crippen LogP contribution in [-0.4, -0.2) is 49.6 Å². The van der Waals surface area contributed by atoms with Gasteiger partial charge in [-0.25, -0.2) is 0 Å². The number of ether oxygens (including phenoxy) is 1. The Hall–Kier alpha value is -0.160. The number of rotatable bonds is 8. The third-order valence-corrected chi connectivity index (χ3v) is 3.73. The lowest BCUT2D eigenvalue weighted by Crippen LogP contribution is -2.45. The topological polar surface area (TPSA) is 53.5 Å². The summed E-state index contributed by atoms with van der Waals surface area (Å²) in [6, 6.07) is 1.08. The maximum absolute atomic E-state index is 10.1. The molecule has 0 radical (unpaired) electrons. The summed E-state index contributed by atoms with van der Waals surface area (Å²) in [5, 5.41) is 17.1. The Balaban J connectivity index is 2.16. The van der Waals surface area contributed by atoms with Crippen molar-refractivity contribution in [1.82, 2.24) is 10.6 Å². The Kier molecular flexibility index (Phi) is 7.15. The fraction of sp³-hybridized carbons (Fsp3) is 1.00. The minimum absolute atomic E-state index is 0.439. The van der Waals surface area contributed by atoms with Gasteiger partial charge >= 0.3 is 0 Å². The number of hydrogen-bond acceptors (Lipinski definition) is 4. The third kappa shape index (κ3) is 6.69. The lowest BCUT2D eigenvalue weighted by atomic mass is 9.97. The van der Waals surface area contributed by atoms with Crippen LogP contribution in [0.4, 0.5) is 0 Å². The molecule has 4 nitrogen and oxygen atoms in total. The van der Waals surface area contributed by atoms with Gasteiger partial charge in [0.25, 0.3) is 0 Å². The van der Waals surface area contributed by atoms with Crippen molar-refractivity contribution < 1.29 is 9.84 Å². The molecule has 0 aromatic rings. The number of hydrogen-bond donors (Lipinski definition) is 3. The minimum atomic E-state index is -0.676. The Bertz CT molecular complexity index is 216. The molecule has 1 fully saturated rings. The van der Waals surface area contributed by atoms with Gasteiger partial charge in [0.15, 0.2) is 0 Å². The summed E-state index contributed by atoms with van der Waals surface area (Å²) in [6.45, 7) is 6.45. The zero-order chi connectivity index (χ0) is 13.4. The molecule has 0 saturated carbocycles. The van der Waals surface area contributed by atoms with E-state index in [1.54, 1.807) is 7.11 Å². The molecular weight excluding hydrogens is 228 g/mol. The van der Waals surface area contributed by atoms with Gasteiger partial charge in [-0.15, -0.1) is 0 Å². The molecule has 3 unspecified atom stereocenters. The molecule has 0 amide bonds. The maximum Gasteiger partial charge on any atom is 0.0765 e. The van der Waals surface area contributed by atoms with Crippen LogP contribution in [0.3, 0.4) is 0 Å². The van der Waals surface area contributed by atoms with E-state index in [1.807, 2.05) is 6.92 Å². The Labute approximate surface area is 111 Å². The summed E-state index contributed by atoms with van der Waals surface area (Å²) in [5.41, 5.74) is -0.676. The summed E-state index contributed by atoms with van der Waals surface area (Å²) >= 11 is 0. The molecule has 108 valence electrons. The van der Waals surface area contributed by atoms with Crippen molar-refractivity contribution in [2.75, 3.05) is 26.8 Å². The molecule has 1 rings (SSSR count). The van der Waals surface area contributed by atoms with E-state index in [0.29, 0.717) is 31.7 Å². The highest BCUT2D eigenvalue weighted by Crippen LogP contribution is 2.13. The molecule has 0 spiro atoms. The van der Waals surface area contributed by atoms with Crippen molar-refractivity contribution in [3.63, 3.8) is 0 Å². The van der Waals surface area contributed by atoms with Crippen LogP contribution < -0.4 is 10.6 Å². The van der Waals surface area contributed by atoms with E-state index in [2.05, 4.69) is 17.6 Å². The molecular formula is C14H30N2O2. The quantitative estimate of drug-likeness (QED) is 0.614. The van der Waals surface area contributed by atoms with Gasteiger partial charge in [-0.1, -0.05) is 6.42 Å². The van der Waals surface area contributed by atoms with E-state index >= 15 is 0 Å². The summed E-state index contributed by atoms with van der Waals surface area (Å²) in [7, 11) is 1.67. The molecule has 0 bridgehead atoms. The van der Waals surface area contributed by atoms with Crippen LogP contribution >= 0.6 is 0 Å². The van der Waals surface area contributed by atoms with Crippen molar-refractivity contribution in [3.8, 4) is 0 Å². The van der Waals surface area contributed by atoms with Crippen LogP contribution in [0, 0.1) is 0 Å². The number of nitrogens with one attached hydrogen (secondary N) is 2. The van der Waals surface area contributed by atoms with Crippen LogP contribution in [0.1, 0.15) is 46.0 Å². The van der Waals surface area contributed by atoms with Crippen LogP contribution in [0.25, 0.3) is 0 Å². The monoisotopic (exact) mass is 258 g/mol. The van der Waals surface area contributed by atoms with Gasteiger partial charge in [-0.05, 0) is 39.7 Å². The lowest BCUT2D eigenvalue weighted by Gasteiger charge is -2.29. The maximum atomic E-state index is 10.1. The van der Waals surface area contributed by atoms with E-state index in [9.17, 15) is 5.11 Å². The molecule has 1 aliphatic rings. The van der Waals surface area contributed by atoms with Gasteiger partial charge in [0.2, 0.25) is 0 Å². The van der Waals surface area contributed by atoms with Gasteiger partial charge < -0.3 is 20.5 Å². The van der Waals surface area contributed by atoms with Gasteiger partial charge in [0, 0.05) is 38.8 Å². The molecule has 0 aromatic carbocycles. The molecule has 1 saturated heterocycles. The van der Waals surface area contributed by atoms with Crippen molar-refractivity contribution >= 4 is 0 Å². The van der Waals surface area contributed by atoms with Crippen LogP contribution in [0.15, 0.2) is 0 Å². The summed E-state index contributed by atoms with van der Waals surface area (Å²) in [6.07, 6.45) is 5.75. The predicted octanol–water partition coefficient (Wildman–Crippen LogP) is 1.28. The van der Waals surface area contributed by atoms with Crippen LogP contribution in [0.5, 0.6) is 0 Å². The lowest BCUT2D eigenvalue weighted by molar-refractivity contribution is 0.0226. The summed E-state index contributed by atoms with van der Waals surface area (Å²) in [5.74, 6) is 0. The Morgan fingerprint density at radius 2 is 2.28 bits per heavy atom. The standard InChI is InChI=1S/C14H30N2O2/c1-12(10-13-6-4-5-8-15-13)16-11-14(2,17)7-9-18-3/h12-13,15-17H,4-11H2,1-3H3. The van der Waals surface area contributed by atoms with E-state index in [4.69, 9.17) is 4.74 Å². The zero-order valence-corrected chi connectivity index (χ0v) is 12.2. The second-order valence-corrected chi connectivity index (χ2v) is 5.90. The summed E-state index contributed by atoms with van der Waals surface area (Å²) < 4.78 is 5.01. The average molecular weight is 258 g/mol. The summed E-state index contributed by atoms with van der Waals surface area (Å²) in [4.78, 5) is 0. The zero-order valence-electron chi connectivity index (χ0n) is 12.2. The highest BCUT2D eigenvalue weighted by Gasteiger charge is 2.22. The van der Waals surface area contributed by atoms with Gasteiger partial charge in [-0.2, -0.15) is 0 Å². The number of piperidine rings is 1. The van der Waals surface area contributed by atoms with Crippen LogP contribution in [-0.2, 0) is 4.74 Å². The van der Waals surface area contributed by atoms with Gasteiger partial charge in [0.05, 0.1) is 5.60 Å². The second-order valence-electron chi connectivity index (χ2n) is 5.90. The predicted molar refractivity (Wildman–Crippen MR) is 74.8 cm³/mol. The van der Waals surface area contributed by atoms with E-state index in [-0.39, 0.29) is 0 Å². The normalized spacial score (nSPS) is 25.7. The highest BCUT2D eigenvalue weighted by atomic mass is 16.5. The van der Waals surface area contributed by atoms with Gasteiger partial charge in [-0.3, -0.25) is 0 Å². The third-order valence-electron chi connectivity index (χ3n) is 3.73. The highest BCUT2D eigenvalue weighted by molar-refractivity contribution is 4.81. The molecule has 3 atom stereocenters. The Morgan fingerprint density at radius 3 is 2.89 bits per heavy atom. The van der Waals surface area contributed by atoms with E-state index in [1.165, 1.54) is 19.3 Å². The smallest absolute Gasteiger partial charge is 0.0765 e. The fourth-order valence-corrected chi connectivity index (χ4v) is 2.44. The van der Waals surface area contributed by atoms with Crippen molar-refractivity contribution in [1.29, 1.82) is 0 Å². The number of methoxy groups -OCH3 is 1. The molecule has 3 N–H and O–H groups in total. The first-order chi connectivity index (χ1) is 8.53. The second kappa shape index (κ2) is 8.10. The van der Waals surface area contributed by atoms with E-state index < -0.39 is 5.60 Å². The molecule has 4 heteroatoms. The van der Waals surface area contributed by atoms with Crippen molar-refractivity contribution in [2.45, 2.75) is 63.6 Å². The molecule has 0 aromatic heterocycles.